The number of rotatable bonds is 10. The molecule has 3 aromatic carbocycles. The van der Waals surface area contributed by atoms with Crippen molar-refractivity contribution >= 4 is 64.0 Å². The average molecular weight is 573 g/mol. The van der Waals surface area contributed by atoms with Crippen LogP contribution in [0.4, 0.5) is 17.1 Å². The van der Waals surface area contributed by atoms with E-state index in [-0.39, 0.29) is 17.3 Å². The van der Waals surface area contributed by atoms with E-state index >= 15 is 0 Å². The number of nitrogens with one attached hydrogen (secondary N) is 3. The van der Waals surface area contributed by atoms with Crippen LogP contribution in [-0.4, -0.2) is 27.9 Å². The molecule has 3 N–H and O–H groups in total. The van der Waals surface area contributed by atoms with Gasteiger partial charge in [0, 0.05) is 34.0 Å². The molecule has 40 heavy (non-hydrogen) atoms. The van der Waals surface area contributed by atoms with Crippen molar-refractivity contribution in [3.05, 3.63) is 123 Å². The molecule has 0 aliphatic carbocycles. The summed E-state index contributed by atoms with van der Waals surface area (Å²) >= 11 is 2.80. The number of thioether (sulfide) groups is 1. The largest absolute Gasteiger partial charge is 0.325 e. The summed E-state index contributed by atoms with van der Waals surface area (Å²) in [6.45, 7) is 1.75. The third-order valence-corrected chi connectivity index (χ3v) is 7.34. The zero-order valence-corrected chi connectivity index (χ0v) is 22.8. The SMILES string of the molecule is CC(Sc1ccc(NC(=O)/C(=C/c2ccsc2)NC(=O)c2ccccc2)cc1)C(=O)Nc1ccc([N+](=O)[O-])cc1. The molecule has 4 aromatic rings. The van der Waals surface area contributed by atoms with E-state index in [4.69, 9.17) is 0 Å². The van der Waals surface area contributed by atoms with E-state index in [0.717, 1.165) is 10.5 Å². The summed E-state index contributed by atoms with van der Waals surface area (Å²) in [5.41, 5.74) is 2.24. The Morgan fingerprint density at radius 2 is 1.55 bits per heavy atom. The minimum atomic E-state index is -0.502. The van der Waals surface area contributed by atoms with Crippen LogP contribution in [0.5, 0.6) is 0 Å². The molecule has 0 radical (unpaired) electrons. The number of non-ortho nitro benzene ring substituents is 1. The summed E-state index contributed by atoms with van der Waals surface area (Å²) in [5.74, 6) is -1.13. The highest BCUT2D eigenvalue weighted by atomic mass is 32.2. The fourth-order valence-electron chi connectivity index (χ4n) is 3.45. The zero-order chi connectivity index (χ0) is 28.5. The first kappa shape index (κ1) is 28.3. The van der Waals surface area contributed by atoms with E-state index in [1.54, 1.807) is 67.6 Å². The highest BCUT2D eigenvalue weighted by molar-refractivity contribution is 8.00. The van der Waals surface area contributed by atoms with E-state index in [2.05, 4.69) is 16.0 Å². The Morgan fingerprint density at radius 1 is 0.900 bits per heavy atom. The number of hydrogen-bond donors (Lipinski definition) is 3. The Balaban J connectivity index is 1.37. The third-order valence-electron chi connectivity index (χ3n) is 5.52. The molecule has 0 spiro atoms. The molecule has 0 aliphatic rings. The highest BCUT2D eigenvalue weighted by Gasteiger charge is 2.17. The zero-order valence-electron chi connectivity index (χ0n) is 21.2. The summed E-state index contributed by atoms with van der Waals surface area (Å²) in [7, 11) is 0. The molecule has 1 unspecified atom stereocenters. The number of nitro benzene ring substituents is 1. The maximum absolute atomic E-state index is 13.1. The Bertz CT molecular complexity index is 1520. The Labute approximate surface area is 238 Å². The van der Waals surface area contributed by atoms with E-state index in [9.17, 15) is 24.5 Å². The van der Waals surface area contributed by atoms with Crippen LogP contribution in [0.15, 0.2) is 106 Å². The van der Waals surface area contributed by atoms with Gasteiger partial charge in [0.05, 0.1) is 10.2 Å². The molecular weight excluding hydrogens is 548 g/mol. The predicted molar refractivity (Wildman–Crippen MR) is 158 cm³/mol. The van der Waals surface area contributed by atoms with Crippen molar-refractivity contribution in [1.82, 2.24) is 5.32 Å². The minimum absolute atomic E-state index is 0.0553. The van der Waals surface area contributed by atoms with Crippen LogP contribution in [0.2, 0.25) is 0 Å². The van der Waals surface area contributed by atoms with Crippen LogP contribution in [0.25, 0.3) is 6.08 Å². The van der Waals surface area contributed by atoms with Gasteiger partial charge in [0.15, 0.2) is 0 Å². The standard InChI is InChI=1S/C29H24N4O5S2/c1-19(27(34)30-22-7-11-24(12-8-22)33(37)38)40-25-13-9-23(10-14-25)31-29(36)26(17-20-15-16-39-18-20)32-28(35)21-5-3-2-4-6-21/h2-19H,1H3,(H,30,34)(H,31,36)(H,32,35)/b26-17-. The molecule has 202 valence electrons. The number of hydrogen-bond acceptors (Lipinski definition) is 7. The van der Waals surface area contributed by atoms with Crippen LogP contribution in [-0.2, 0) is 9.59 Å². The van der Waals surface area contributed by atoms with Gasteiger partial charge >= 0.3 is 0 Å². The minimum Gasteiger partial charge on any atom is -0.325 e. The number of nitro groups is 1. The number of amides is 3. The van der Waals surface area contributed by atoms with Gasteiger partial charge in [0.2, 0.25) is 5.91 Å². The Hall–Kier alpha value is -4.74. The van der Waals surface area contributed by atoms with Crippen molar-refractivity contribution in [2.45, 2.75) is 17.1 Å². The molecule has 1 heterocycles. The van der Waals surface area contributed by atoms with Crippen molar-refractivity contribution < 1.29 is 19.3 Å². The van der Waals surface area contributed by atoms with Gasteiger partial charge in [-0.25, -0.2) is 0 Å². The lowest BCUT2D eigenvalue weighted by Gasteiger charge is -2.13. The van der Waals surface area contributed by atoms with Crippen molar-refractivity contribution in [3.63, 3.8) is 0 Å². The van der Waals surface area contributed by atoms with Crippen LogP contribution in [0.3, 0.4) is 0 Å². The average Bonchev–Trinajstić information content (AvgIpc) is 3.47. The summed E-state index contributed by atoms with van der Waals surface area (Å²) < 4.78 is 0. The third kappa shape index (κ3) is 7.88. The number of nitrogens with zero attached hydrogens (tertiary/aromatic N) is 1. The second-order valence-corrected chi connectivity index (χ2v) is 10.7. The quantitative estimate of drug-likeness (QED) is 0.0900. The lowest BCUT2D eigenvalue weighted by molar-refractivity contribution is -0.384. The fourth-order valence-corrected chi connectivity index (χ4v) is 4.93. The molecule has 9 nitrogen and oxygen atoms in total. The molecule has 0 aliphatic heterocycles. The van der Waals surface area contributed by atoms with Gasteiger partial charge in [-0.15, -0.1) is 11.8 Å². The molecule has 4 rings (SSSR count). The van der Waals surface area contributed by atoms with Gasteiger partial charge in [-0.1, -0.05) is 18.2 Å². The first-order valence-corrected chi connectivity index (χ1v) is 13.8. The van der Waals surface area contributed by atoms with Crippen molar-refractivity contribution in [2.75, 3.05) is 10.6 Å². The molecule has 0 fully saturated rings. The first-order chi connectivity index (χ1) is 19.3. The van der Waals surface area contributed by atoms with Gasteiger partial charge in [-0.3, -0.25) is 24.5 Å². The second-order valence-electron chi connectivity index (χ2n) is 8.47. The molecule has 0 bridgehead atoms. The van der Waals surface area contributed by atoms with Crippen LogP contribution in [0.1, 0.15) is 22.8 Å². The first-order valence-electron chi connectivity index (χ1n) is 12.0. The molecule has 0 saturated carbocycles. The van der Waals surface area contributed by atoms with Crippen molar-refractivity contribution in [2.24, 2.45) is 0 Å². The summed E-state index contributed by atoms with van der Waals surface area (Å²) in [5, 5.41) is 22.3. The summed E-state index contributed by atoms with van der Waals surface area (Å²) in [6.07, 6.45) is 1.61. The lowest BCUT2D eigenvalue weighted by atomic mass is 10.2. The predicted octanol–water partition coefficient (Wildman–Crippen LogP) is 6.19. The van der Waals surface area contributed by atoms with Crippen molar-refractivity contribution in [3.8, 4) is 0 Å². The van der Waals surface area contributed by atoms with Gasteiger partial charge in [-0.05, 0) is 83.9 Å². The molecule has 1 atom stereocenters. The second kappa shape index (κ2) is 13.4. The lowest BCUT2D eigenvalue weighted by Crippen LogP contribution is -2.30. The number of benzene rings is 3. The van der Waals surface area contributed by atoms with Gasteiger partial charge < -0.3 is 16.0 Å². The maximum atomic E-state index is 13.1. The van der Waals surface area contributed by atoms with Gasteiger partial charge in [0.1, 0.15) is 5.70 Å². The highest BCUT2D eigenvalue weighted by Crippen LogP contribution is 2.26. The van der Waals surface area contributed by atoms with Crippen LogP contribution < -0.4 is 16.0 Å². The number of carbonyl (C=O) groups is 3. The Kier molecular flexibility index (Phi) is 9.44. The maximum Gasteiger partial charge on any atom is 0.272 e. The number of carbonyl (C=O) groups excluding carboxylic acids is 3. The number of anilines is 2. The normalized spacial score (nSPS) is 11.8. The fraction of sp³-hybridized carbons (Fsp3) is 0.0690. The Morgan fingerprint density at radius 3 is 2.17 bits per heavy atom. The molecule has 11 heteroatoms. The van der Waals surface area contributed by atoms with E-state index in [1.807, 2.05) is 16.8 Å². The number of thiophene rings is 1. The van der Waals surface area contributed by atoms with Gasteiger partial charge in [-0.2, -0.15) is 11.3 Å². The summed E-state index contributed by atoms with van der Waals surface area (Å²) in [4.78, 5) is 49.5. The van der Waals surface area contributed by atoms with E-state index in [0.29, 0.717) is 16.9 Å². The van der Waals surface area contributed by atoms with E-state index in [1.165, 1.54) is 47.4 Å². The van der Waals surface area contributed by atoms with Crippen LogP contribution in [0, 0.1) is 10.1 Å². The van der Waals surface area contributed by atoms with Crippen LogP contribution >= 0.6 is 23.1 Å². The topological polar surface area (TPSA) is 130 Å². The molecule has 0 saturated heterocycles. The monoisotopic (exact) mass is 572 g/mol. The summed E-state index contributed by atoms with van der Waals surface area (Å²) in [6, 6.07) is 23.1. The van der Waals surface area contributed by atoms with Gasteiger partial charge in [0.25, 0.3) is 17.5 Å². The molecule has 3 amide bonds. The molecule has 1 aromatic heterocycles. The van der Waals surface area contributed by atoms with Crippen molar-refractivity contribution in [1.29, 1.82) is 0 Å². The smallest absolute Gasteiger partial charge is 0.272 e. The molecular formula is C29H24N4O5S2. The van der Waals surface area contributed by atoms with E-state index < -0.39 is 22.0 Å².